The zero-order valence-electron chi connectivity index (χ0n) is 21.6. The summed E-state index contributed by atoms with van der Waals surface area (Å²) in [5.74, 6) is 0.240. The molecule has 0 spiro atoms. The topological polar surface area (TPSA) is 123 Å². The molecule has 36 heavy (non-hydrogen) atoms. The fourth-order valence-electron chi connectivity index (χ4n) is 4.71. The second-order valence-electron chi connectivity index (χ2n) is 9.26. The molecule has 3 N–H and O–H groups in total. The average Bonchev–Trinajstić information content (AvgIpc) is 3.06. The highest BCUT2D eigenvalue weighted by atomic mass is 16.5. The minimum Gasteiger partial charge on any atom is -0.493 e. The Morgan fingerprint density at radius 3 is 2.33 bits per heavy atom. The molecule has 194 valence electrons. The smallest absolute Gasteiger partial charge is 0.326 e. The fourth-order valence-corrected chi connectivity index (χ4v) is 4.71. The third kappa shape index (κ3) is 5.56. The lowest BCUT2D eigenvalue weighted by atomic mass is 9.95. The minimum absolute atomic E-state index is 0.116. The molecule has 0 aliphatic heterocycles. The summed E-state index contributed by atoms with van der Waals surface area (Å²) >= 11 is 0. The van der Waals surface area contributed by atoms with E-state index in [0.717, 1.165) is 11.1 Å². The number of carbonyl (C=O) groups is 2. The summed E-state index contributed by atoms with van der Waals surface area (Å²) in [6.07, 6.45) is 1.48. The molecule has 9 heteroatoms. The Bertz CT molecular complexity index is 1210. The van der Waals surface area contributed by atoms with E-state index in [1.807, 2.05) is 19.9 Å². The molecule has 1 aliphatic rings. The Morgan fingerprint density at radius 2 is 1.78 bits per heavy atom. The molecule has 3 rings (SSSR count). The quantitative estimate of drug-likeness (QED) is 0.477. The molecule has 0 aromatic heterocycles. The van der Waals surface area contributed by atoms with Crippen molar-refractivity contribution >= 4 is 17.6 Å². The lowest BCUT2D eigenvalue weighted by Crippen LogP contribution is -2.32. The Balaban J connectivity index is 2.30. The number of carboxylic acid groups (broad SMARTS) is 1. The van der Waals surface area contributed by atoms with Crippen molar-refractivity contribution < 1.29 is 28.9 Å². The van der Waals surface area contributed by atoms with E-state index in [4.69, 9.17) is 14.2 Å². The first-order valence-electron chi connectivity index (χ1n) is 11.9. The van der Waals surface area contributed by atoms with Gasteiger partial charge in [0.25, 0.3) is 0 Å². The van der Waals surface area contributed by atoms with E-state index in [-0.39, 0.29) is 22.9 Å². The number of nitrogens with one attached hydrogen (secondary N) is 2. The van der Waals surface area contributed by atoms with Crippen LogP contribution < -0.4 is 30.3 Å². The van der Waals surface area contributed by atoms with Crippen molar-refractivity contribution in [3.05, 3.63) is 45.6 Å². The van der Waals surface area contributed by atoms with E-state index < -0.39 is 18.1 Å². The molecule has 0 saturated carbocycles. The molecule has 0 fully saturated rings. The van der Waals surface area contributed by atoms with Crippen LogP contribution in [-0.4, -0.2) is 44.4 Å². The van der Waals surface area contributed by atoms with Gasteiger partial charge >= 0.3 is 5.97 Å². The van der Waals surface area contributed by atoms with Crippen molar-refractivity contribution in [3.63, 3.8) is 0 Å². The van der Waals surface area contributed by atoms with Gasteiger partial charge in [-0.2, -0.15) is 0 Å². The van der Waals surface area contributed by atoms with Gasteiger partial charge in [-0.3, -0.25) is 9.59 Å². The van der Waals surface area contributed by atoms with E-state index in [0.29, 0.717) is 47.6 Å². The van der Waals surface area contributed by atoms with Crippen LogP contribution in [0.15, 0.2) is 29.1 Å². The zero-order chi connectivity index (χ0) is 26.6. The summed E-state index contributed by atoms with van der Waals surface area (Å²) in [7, 11) is 4.60. The Kier molecular flexibility index (Phi) is 8.45. The van der Waals surface area contributed by atoms with E-state index in [9.17, 15) is 19.5 Å². The number of hydrogen-bond donors (Lipinski definition) is 3. The molecule has 0 radical (unpaired) electrons. The van der Waals surface area contributed by atoms with Crippen LogP contribution in [0.4, 0.5) is 5.69 Å². The van der Waals surface area contributed by atoms with Gasteiger partial charge in [-0.1, -0.05) is 19.9 Å². The van der Waals surface area contributed by atoms with Gasteiger partial charge in [0.2, 0.25) is 17.1 Å². The SMILES string of the molecule is COc1cc2c(c(OC)c1OC)-c1ccc(N[C@@H](CC(C)C)C(=O)O)c(=O)cc1[C@@H](NC(C)=O)CC2. The van der Waals surface area contributed by atoms with Crippen molar-refractivity contribution in [2.75, 3.05) is 26.6 Å². The largest absolute Gasteiger partial charge is 0.493 e. The third-order valence-corrected chi connectivity index (χ3v) is 6.25. The number of rotatable bonds is 9. The first-order valence-corrected chi connectivity index (χ1v) is 11.9. The second kappa shape index (κ2) is 11.3. The monoisotopic (exact) mass is 498 g/mol. The molecule has 1 aliphatic carbocycles. The highest BCUT2D eigenvalue weighted by molar-refractivity contribution is 5.84. The van der Waals surface area contributed by atoms with Crippen molar-refractivity contribution in [1.82, 2.24) is 5.32 Å². The standard InChI is InChI=1S/C27H34N2O7/c1-14(2)11-21(27(32)33)29-20-10-8-17-18(13-22(20)31)19(28-15(3)30)9-7-16-12-23(34-4)25(35-5)26(36-6)24(16)17/h8,10,12-14,19,21H,7,9,11H2,1-6H3,(H,28,30)(H,29,31)(H,32,33)/t19-,21-/m0/s1. The predicted molar refractivity (Wildman–Crippen MR) is 137 cm³/mol. The molecule has 0 saturated heterocycles. The highest BCUT2D eigenvalue weighted by Crippen LogP contribution is 2.50. The molecule has 0 unspecified atom stereocenters. The summed E-state index contributed by atoms with van der Waals surface area (Å²) in [4.78, 5) is 37.2. The number of carboxylic acids is 1. The van der Waals surface area contributed by atoms with E-state index in [1.165, 1.54) is 27.2 Å². The predicted octanol–water partition coefficient (Wildman–Crippen LogP) is 3.77. The summed E-state index contributed by atoms with van der Waals surface area (Å²) in [5.41, 5.74) is 2.73. The Labute approximate surface area is 210 Å². The maximum Gasteiger partial charge on any atom is 0.326 e. The molecule has 0 bridgehead atoms. The number of aryl methyl sites for hydroxylation is 1. The maximum absolute atomic E-state index is 13.3. The van der Waals surface area contributed by atoms with Gasteiger partial charge in [0.1, 0.15) is 6.04 Å². The van der Waals surface area contributed by atoms with Crippen LogP contribution in [-0.2, 0) is 16.0 Å². The molecule has 2 atom stereocenters. The number of ether oxygens (including phenoxy) is 3. The summed E-state index contributed by atoms with van der Waals surface area (Å²) in [6.45, 7) is 5.28. The second-order valence-corrected chi connectivity index (χ2v) is 9.26. The summed E-state index contributed by atoms with van der Waals surface area (Å²) < 4.78 is 16.9. The zero-order valence-corrected chi connectivity index (χ0v) is 21.6. The normalized spacial score (nSPS) is 15.1. The van der Waals surface area contributed by atoms with Gasteiger partial charge in [0.05, 0.1) is 33.1 Å². The van der Waals surface area contributed by atoms with Gasteiger partial charge in [-0.05, 0) is 60.1 Å². The van der Waals surface area contributed by atoms with Gasteiger partial charge < -0.3 is 30.0 Å². The molecule has 2 aromatic carbocycles. The third-order valence-electron chi connectivity index (χ3n) is 6.25. The van der Waals surface area contributed by atoms with Gasteiger partial charge in [0.15, 0.2) is 11.5 Å². The lowest BCUT2D eigenvalue weighted by molar-refractivity contribution is -0.138. The summed E-state index contributed by atoms with van der Waals surface area (Å²) in [6, 6.07) is 5.35. The van der Waals surface area contributed by atoms with Crippen LogP contribution in [0, 0.1) is 5.92 Å². The van der Waals surface area contributed by atoms with Crippen molar-refractivity contribution in [2.24, 2.45) is 5.92 Å². The number of hydrogen-bond acceptors (Lipinski definition) is 7. The number of amides is 1. The van der Waals surface area contributed by atoms with E-state index in [1.54, 1.807) is 19.2 Å². The summed E-state index contributed by atoms with van der Waals surface area (Å²) in [5, 5.41) is 15.5. The van der Waals surface area contributed by atoms with Gasteiger partial charge in [-0.15, -0.1) is 0 Å². The molecular formula is C27H34N2O7. The highest BCUT2D eigenvalue weighted by Gasteiger charge is 2.29. The number of methoxy groups -OCH3 is 3. The van der Waals surface area contributed by atoms with Crippen LogP contribution in [0.1, 0.15) is 50.8 Å². The van der Waals surface area contributed by atoms with Crippen LogP contribution in [0.25, 0.3) is 11.1 Å². The molecule has 9 nitrogen and oxygen atoms in total. The first-order chi connectivity index (χ1) is 17.1. The van der Waals surface area contributed by atoms with E-state index in [2.05, 4.69) is 10.6 Å². The van der Waals surface area contributed by atoms with Crippen molar-refractivity contribution in [1.29, 1.82) is 0 Å². The molecular weight excluding hydrogens is 464 g/mol. The van der Waals surface area contributed by atoms with E-state index >= 15 is 0 Å². The molecule has 2 aromatic rings. The van der Waals surface area contributed by atoms with Crippen LogP contribution in [0.3, 0.4) is 0 Å². The average molecular weight is 499 g/mol. The van der Waals surface area contributed by atoms with Gasteiger partial charge in [-0.25, -0.2) is 4.79 Å². The van der Waals surface area contributed by atoms with Crippen molar-refractivity contribution in [3.8, 4) is 28.4 Å². The maximum atomic E-state index is 13.3. The lowest BCUT2D eigenvalue weighted by Gasteiger charge is -2.19. The van der Waals surface area contributed by atoms with Crippen molar-refractivity contribution in [2.45, 2.75) is 52.1 Å². The fraction of sp³-hybridized carbons (Fsp3) is 0.444. The molecule has 1 amide bonds. The van der Waals surface area contributed by atoms with Crippen LogP contribution in [0.5, 0.6) is 17.2 Å². The van der Waals surface area contributed by atoms with Gasteiger partial charge in [0, 0.05) is 12.5 Å². The number of anilines is 1. The first kappa shape index (κ1) is 26.8. The Morgan fingerprint density at radius 1 is 1.08 bits per heavy atom. The Hall–Kier alpha value is -3.75. The number of benzene rings is 1. The molecule has 0 heterocycles. The van der Waals surface area contributed by atoms with Crippen LogP contribution in [0.2, 0.25) is 0 Å². The van der Waals surface area contributed by atoms with Crippen LogP contribution >= 0.6 is 0 Å². The number of aliphatic carboxylic acids is 1. The number of fused-ring (bicyclic) bond motifs is 3. The minimum atomic E-state index is -1.03. The number of carbonyl (C=O) groups excluding carboxylic acids is 1.